The standard InChI is InChI=1S/C30H34N8O5/c1-36-13-12-31-27(39)14-19-15-37(28(40)11-10-26-32-22-7-3-4-8-23(22)33-26)17-24(19)38-16-20(34-35-38)18-43-29-21(30(36)41)6-5-9-25(29)42-2/h3-9,16,19,24H,10-15,17-18H2,1-2H3,(H,31,39)(H,32,33)/t19-,24+/m0/s1. The van der Waals surface area contributed by atoms with E-state index in [9.17, 15) is 14.4 Å². The van der Waals surface area contributed by atoms with Crippen LogP contribution < -0.4 is 14.8 Å². The number of carbonyl (C=O) groups is 3. The number of methoxy groups -OCH3 is 1. The number of likely N-dealkylation sites (N-methyl/N-ethyl adjacent to an activating group) is 1. The first-order valence-corrected chi connectivity index (χ1v) is 14.3. The zero-order valence-electron chi connectivity index (χ0n) is 24.2. The molecule has 4 aromatic rings. The van der Waals surface area contributed by atoms with Gasteiger partial charge in [0.25, 0.3) is 5.91 Å². The largest absolute Gasteiger partial charge is 0.493 e. The maximum atomic E-state index is 13.3. The van der Waals surface area contributed by atoms with Crippen LogP contribution in [-0.4, -0.2) is 92.8 Å². The number of aromatic nitrogens is 5. The summed E-state index contributed by atoms with van der Waals surface area (Å²) in [7, 11) is 3.19. The van der Waals surface area contributed by atoms with Crippen molar-refractivity contribution in [2.45, 2.75) is 31.9 Å². The summed E-state index contributed by atoms with van der Waals surface area (Å²) in [6.45, 7) is 1.48. The van der Waals surface area contributed by atoms with E-state index in [2.05, 4.69) is 25.6 Å². The first-order chi connectivity index (χ1) is 20.9. The van der Waals surface area contributed by atoms with E-state index in [0.29, 0.717) is 55.2 Å². The Hall–Kier alpha value is -4.94. The van der Waals surface area contributed by atoms with Crippen molar-refractivity contribution < 1.29 is 23.9 Å². The molecule has 0 spiro atoms. The molecule has 0 unspecified atom stereocenters. The van der Waals surface area contributed by atoms with E-state index in [1.807, 2.05) is 24.3 Å². The number of amides is 3. The number of carbonyl (C=O) groups excluding carboxylic acids is 3. The Bertz CT molecular complexity index is 1620. The molecule has 0 radical (unpaired) electrons. The van der Waals surface area contributed by atoms with E-state index in [0.717, 1.165) is 16.9 Å². The summed E-state index contributed by atoms with van der Waals surface area (Å²) in [5, 5.41) is 11.6. The zero-order chi connectivity index (χ0) is 29.9. The SMILES string of the molecule is COc1cccc2c1OCc1cn(nn1)[C@@H]1CN(C(=O)CCc3nc4ccccc4[nH]3)C[C@@H]1CC(=O)NCCN(C)C2=O. The Morgan fingerprint density at radius 3 is 2.84 bits per heavy atom. The Kier molecular flexibility index (Phi) is 7.95. The van der Waals surface area contributed by atoms with E-state index >= 15 is 0 Å². The van der Waals surface area contributed by atoms with Gasteiger partial charge in [0.2, 0.25) is 11.8 Å². The van der Waals surface area contributed by atoms with E-state index < -0.39 is 0 Å². The third-order valence-electron chi connectivity index (χ3n) is 8.03. The summed E-state index contributed by atoms with van der Waals surface area (Å²) < 4.78 is 13.3. The zero-order valence-corrected chi connectivity index (χ0v) is 24.2. The second-order valence-electron chi connectivity index (χ2n) is 10.9. The molecule has 2 N–H and O–H groups in total. The number of ether oxygens (including phenoxy) is 2. The molecule has 3 amide bonds. The van der Waals surface area contributed by atoms with Crippen molar-refractivity contribution in [3.63, 3.8) is 0 Å². The van der Waals surface area contributed by atoms with Gasteiger partial charge in [-0.3, -0.25) is 14.4 Å². The number of nitrogens with one attached hydrogen (secondary N) is 2. The average Bonchev–Trinajstić information content (AvgIpc) is 3.76. The molecule has 4 heterocycles. The Labute approximate surface area is 248 Å². The summed E-state index contributed by atoms with van der Waals surface area (Å²) in [4.78, 5) is 50.8. The van der Waals surface area contributed by atoms with Crippen molar-refractivity contribution in [2.75, 3.05) is 40.3 Å². The summed E-state index contributed by atoms with van der Waals surface area (Å²) in [5.74, 6) is 0.921. The lowest BCUT2D eigenvalue weighted by Gasteiger charge is -2.21. The van der Waals surface area contributed by atoms with Gasteiger partial charge >= 0.3 is 0 Å². The number of hydrogen-bond acceptors (Lipinski definition) is 8. The quantitative estimate of drug-likeness (QED) is 0.369. The minimum Gasteiger partial charge on any atom is -0.493 e. The second-order valence-corrected chi connectivity index (χ2v) is 10.9. The molecule has 1 saturated heterocycles. The molecule has 2 atom stereocenters. The van der Waals surface area contributed by atoms with Crippen molar-refractivity contribution in [1.82, 2.24) is 40.1 Å². The van der Waals surface area contributed by atoms with Gasteiger partial charge in [0.15, 0.2) is 11.5 Å². The molecule has 2 bridgehead atoms. The topological polar surface area (TPSA) is 148 Å². The fourth-order valence-corrected chi connectivity index (χ4v) is 5.73. The molecule has 2 aromatic carbocycles. The van der Waals surface area contributed by atoms with Crippen LogP contribution in [0.15, 0.2) is 48.7 Å². The van der Waals surface area contributed by atoms with Crippen molar-refractivity contribution in [1.29, 1.82) is 0 Å². The molecule has 224 valence electrons. The van der Waals surface area contributed by atoms with E-state index in [1.54, 1.807) is 41.0 Å². The van der Waals surface area contributed by atoms with Crippen LogP contribution in [0.25, 0.3) is 11.0 Å². The minimum absolute atomic E-state index is 0.00762. The highest BCUT2D eigenvalue weighted by Gasteiger charge is 2.38. The van der Waals surface area contributed by atoms with Crippen molar-refractivity contribution in [3.8, 4) is 11.5 Å². The van der Waals surface area contributed by atoms with E-state index in [-0.39, 0.29) is 49.3 Å². The number of rotatable bonds is 4. The smallest absolute Gasteiger partial charge is 0.257 e. The number of likely N-dealkylation sites (tertiary alicyclic amines) is 1. The first-order valence-electron chi connectivity index (χ1n) is 14.3. The van der Waals surface area contributed by atoms with Gasteiger partial charge in [-0.05, 0) is 24.3 Å². The Morgan fingerprint density at radius 1 is 1.14 bits per heavy atom. The van der Waals surface area contributed by atoms with Crippen LogP contribution in [-0.2, 0) is 22.6 Å². The predicted octanol–water partition coefficient (Wildman–Crippen LogP) is 1.97. The monoisotopic (exact) mass is 586 g/mol. The van der Waals surface area contributed by atoms with Gasteiger partial charge in [0, 0.05) is 58.4 Å². The minimum atomic E-state index is -0.258. The van der Waals surface area contributed by atoms with Gasteiger partial charge in [-0.1, -0.05) is 23.4 Å². The number of hydrogen-bond donors (Lipinski definition) is 2. The number of benzene rings is 2. The first kappa shape index (κ1) is 28.2. The van der Waals surface area contributed by atoms with Crippen LogP contribution in [0.2, 0.25) is 0 Å². The lowest BCUT2D eigenvalue weighted by molar-refractivity contribution is -0.130. The highest BCUT2D eigenvalue weighted by Crippen LogP contribution is 2.34. The van der Waals surface area contributed by atoms with E-state index in [4.69, 9.17) is 9.47 Å². The normalized spacial score (nSPS) is 19.5. The Morgan fingerprint density at radius 2 is 2.00 bits per heavy atom. The Balaban J connectivity index is 1.20. The molecule has 43 heavy (non-hydrogen) atoms. The maximum absolute atomic E-state index is 13.3. The number of imidazole rings is 1. The van der Waals surface area contributed by atoms with Gasteiger partial charge in [-0.25, -0.2) is 9.67 Å². The van der Waals surface area contributed by atoms with Crippen LogP contribution in [0.5, 0.6) is 11.5 Å². The maximum Gasteiger partial charge on any atom is 0.257 e. The molecule has 13 heteroatoms. The van der Waals surface area contributed by atoms with Crippen LogP contribution in [0.4, 0.5) is 0 Å². The molecule has 0 saturated carbocycles. The molecule has 2 aliphatic heterocycles. The number of nitrogens with zero attached hydrogens (tertiary/aromatic N) is 6. The highest BCUT2D eigenvalue weighted by molar-refractivity contribution is 5.97. The molecule has 0 aliphatic carbocycles. The molecular weight excluding hydrogens is 552 g/mol. The van der Waals surface area contributed by atoms with Gasteiger partial charge in [0.1, 0.15) is 18.1 Å². The number of H-pyrrole nitrogens is 1. The molecule has 6 rings (SSSR count). The third kappa shape index (κ3) is 6.01. The van der Waals surface area contributed by atoms with E-state index in [1.165, 1.54) is 12.0 Å². The highest BCUT2D eigenvalue weighted by atomic mass is 16.5. The molecule has 1 fully saturated rings. The predicted molar refractivity (Wildman–Crippen MR) is 155 cm³/mol. The van der Waals surface area contributed by atoms with Crippen LogP contribution in [0, 0.1) is 5.92 Å². The fraction of sp³-hybridized carbons (Fsp3) is 0.400. The van der Waals surface area contributed by atoms with Gasteiger partial charge in [0.05, 0.1) is 35.9 Å². The molecule has 2 aliphatic rings. The summed E-state index contributed by atoms with van der Waals surface area (Å²) >= 11 is 0. The second kappa shape index (κ2) is 12.1. The lowest BCUT2D eigenvalue weighted by atomic mass is 9.99. The van der Waals surface area contributed by atoms with Gasteiger partial charge in [-0.2, -0.15) is 0 Å². The average molecular weight is 587 g/mol. The van der Waals surface area contributed by atoms with Crippen LogP contribution >= 0.6 is 0 Å². The van der Waals surface area contributed by atoms with Crippen LogP contribution in [0.3, 0.4) is 0 Å². The number of para-hydroxylation sites is 3. The summed E-state index contributed by atoms with van der Waals surface area (Å²) in [6, 6.07) is 12.7. The molecule has 2 aromatic heterocycles. The van der Waals surface area contributed by atoms with Crippen molar-refractivity contribution >= 4 is 28.8 Å². The lowest BCUT2D eigenvalue weighted by Crippen LogP contribution is -2.37. The summed E-state index contributed by atoms with van der Waals surface area (Å²) in [6.07, 6.45) is 2.76. The van der Waals surface area contributed by atoms with Gasteiger partial charge in [-0.15, -0.1) is 5.10 Å². The molecule has 13 nitrogen and oxygen atoms in total. The third-order valence-corrected chi connectivity index (χ3v) is 8.03. The van der Waals surface area contributed by atoms with Crippen molar-refractivity contribution in [2.24, 2.45) is 5.92 Å². The fourth-order valence-electron chi connectivity index (χ4n) is 5.73. The molecular formula is C30H34N8O5. The number of aromatic amines is 1. The summed E-state index contributed by atoms with van der Waals surface area (Å²) in [5.41, 5.74) is 2.70. The number of aryl methyl sites for hydroxylation is 1. The van der Waals surface area contributed by atoms with Crippen molar-refractivity contribution in [3.05, 3.63) is 65.7 Å². The van der Waals surface area contributed by atoms with Crippen LogP contribution in [0.1, 0.15) is 40.8 Å². The van der Waals surface area contributed by atoms with Gasteiger partial charge < -0.3 is 29.6 Å². The number of fused-ring (bicyclic) bond motifs is 6.